The second-order valence-corrected chi connectivity index (χ2v) is 8.48. The molecule has 0 spiro atoms. The molecule has 152 valence electrons. The molecule has 5 nitrogen and oxygen atoms in total. The Morgan fingerprint density at radius 2 is 1.71 bits per heavy atom. The monoisotopic (exact) mass is 444 g/mol. The molecule has 1 N–H and O–H groups in total. The van der Waals surface area contributed by atoms with E-state index in [1.807, 2.05) is 85.8 Å². The molecule has 0 aliphatic heterocycles. The number of para-hydroxylation sites is 1. The van der Waals surface area contributed by atoms with Gasteiger partial charge in [-0.25, -0.2) is 4.98 Å². The summed E-state index contributed by atoms with van der Waals surface area (Å²) in [7, 11) is 0. The first-order valence-electron chi connectivity index (χ1n) is 9.67. The Morgan fingerprint density at radius 3 is 2.45 bits per heavy atom. The van der Waals surface area contributed by atoms with Crippen molar-refractivity contribution in [3.63, 3.8) is 0 Å². The summed E-state index contributed by atoms with van der Waals surface area (Å²) >= 11 is 7.74. The summed E-state index contributed by atoms with van der Waals surface area (Å²) < 4.78 is 2.61. The average Bonchev–Trinajstić information content (AvgIpc) is 3.38. The van der Waals surface area contributed by atoms with E-state index in [-0.39, 0.29) is 5.91 Å². The molecule has 7 heteroatoms. The Hall–Kier alpha value is -3.48. The summed E-state index contributed by atoms with van der Waals surface area (Å²) in [5, 5.41) is 8.71. The van der Waals surface area contributed by atoms with E-state index in [4.69, 9.17) is 11.6 Å². The number of nitrogens with zero attached hydrogens (tertiary/aromatic N) is 3. The van der Waals surface area contributed by atoms with Gasteiger partial charge in [0.05, 0.1) is 15.4 Å². The number of anilines is 1. The maximum Gasteiger partial charge on any atom is 0.256 e. The number of thiazole rings is 1. The Labute approximate surface area is 187 Å². The van der Waals surface area contributed by atoms with Gasteiger partial charge in [-0.2, -0.15) is 9.78 Å². The summed E-state index contributed by atoms with van der Waals surface area (Å²) in [6.45, 7) is 1.88. The molecule has 0 atom stereocenters. The van der Waals surface area contributed by atoms with Crippen molar-refractivity contribution in [1.82, 2.24) is 14.8 Å². The first kappa shape index (κ1) is 19.5. The zero-order valence-corrected chi connectivity index (χ0v) is 18.1. The van der Waals surface area contributed by atoms with E-state index < -0.39 is 0 Å². The minimum absolute atomic E-state index is 0.208. The Bertz CT molecular complexity index is 1390. The van der Waals surface area contributed by atoms with Crippen molar-refractivity contribution in [3.8, 4) is 16.3 Å². The molecule has 0 radical (unpaired) electrons. The normalized spacial score (nSPS) is 11.0. The lowest BCUT2D eigenvalue weighted by molar-refractivity contribution is 0.102. The lowest BCUT2D eigenvalue weighted by Crippen LogP contribution is -2.15. The second kappa shape index (κ2) is 7.98. The average molecular weight is 445 g/mol. The third kappa shape index (κ3) is 3.83. The Morgan fingerprint density at radius 1 is 0.968 bits per heavy atom. The topological polar surface area (TPSA) is 59.8 Å². The van der Waals surface area contributed by atoms with E-state index in [1.165, 1.54) is 11.3 Å². The van der Waals surface area contributed by atoms with Gasteiger partial charge in [-0.05, 0) is 42.3 Å². The summed E-state index contributed by atoms with van der Waals surface area (Å²) in [5.41, 5.74) is 4.24. The van der Waals surface area contributed by atoms with Crippen molar-refractivity contribution in [3.05, 3.63) is 95.1 Å². The van der Waals surface area contributed by atoms with Crippen LogP contribution in [0.4, 0.5) is 5.82 Å². The van der Waals surface area contributed by atoms with E-state index in [1.54, 1.807) is 4.68 Å². The number of aromatic nitrogens is 3. The number of benzene rings is 3. The number of rotatable bonds is 4. The number of amides is 1. The van der Waals surface area contributed by atoms with Gasteiger partial charge in [-0.15, -0.1) is 0 Å². The first-order valence-corrected chi connectivity index (χ1v) is 10.9. The van der Waals surface area contributed by atoms with Crippen LogP contribution in [0.3, 0.4) is 0 Å². The number of aryl methyl sites for hydroxylation is 1. The van der Waals surface area contributed by atoms with Crippen LogP contribution >= 0.6 is 22.9 Å². The van der Waals surface area contributed by atoms with E-state index in [0.29, 0.717) is 21.5 Å². The van der Waals surface area contributed by atoms with Crippen LogP contribution in [-0.4, -0.2) is 20.7 Å². The van der Waals surface area contributed by atoms with E-state index >= 15 is 0 Å². The maximum atomic E-state index is 12.9. The largest absolute Gasteiger partial charge is 0.306 e. The van der Waals surface area contributed by atoms with Crippen LogP contribution in [0.25, 0.3) is 26.5 Å². The predicted octanol–water partition coefficient (Wildman–Crippen LogP) is 6.36. The molecule has 2 heterocycles. The minimum Gasteiger partial charge on any atom is -0.306 e. The molecule has 31 heavy (non-hydrogen) atoms. The fourth-order valence-electron chi connectivity index (χ4n) is 3.36. The van der Waals surface area contributed by atoms with Gasteiger partial charge in [-0.1, -0.05) is 71.5 Å². The molecule has 2 aromatic heterocycles. The number of carbonyl (C=O) groups is 1. The van der Waals surface area contributed by atoms with Gasteiger partial charge >= 0.3 is 0 Å². The predicted molar refractivity (Wildman–Crippen MR) is 126 cm³/mol. The molecule has 0 bridgehead atoms. The molecular weight excluding hydrogens is 428 g/mol. The molecule has 5 aromatic rings. The van der Waals surface area contributed by atoms with Gasteiger partial charge in [0.1, 0.15) is 11.3 Å². The van der Waals surface area contributed by atoms with Crippen molar-refractivity contribution >= 4 is 44.9 Å². The van der Waals surface area contributed by atoms with Crippen LogP contribution in [0.5, 0.6) is 0 Å². The zero-order chi connectivity index (χ0) is 21.4. The van der Waals surface area contributed by atoms with Crippen LogP contribution in [0.2, 0.25) is 5.02 Å². The molecule has 0 fully saturated rings. The van der Waals surface area contributed by atoms with Crippen molar-refractivity contribution < 1.29 is 4.79 Å². The number of nitrogens with one attached hydrogen (secondary N) is 1. The standard InChI is InChI=1S/C24H17ClN4OS/c1-15-14-21(29(28-15)24-27-22-19(25)8-5-9-20(22)31-24)26-23(30)18-12-10-17(11-13-18)16-6-3-2-4-7-16/h2-14H,1H3,(H,26,30). The fraction of sp³-hybridized carbons (Fsp3) is 0.0417. The Kier molecular flexibility index (Phi) is 5.02. The van der Waals surface area contributed by atoms with Crippen molar-refractivity contribution in [2.24, 2.45) is 0 Å². The van der Waals surface area contributed by atoms with E-state index in [2.05, 4.69) is 15.4 Å². The third-order valence-electron chi connectivity index (χ3n) is 4.87. The zero-order valence-electron chi connectivity index (χ0n) is 16.5. The van der Waals surface area contributed by atoms with Gasteiger partial charge in [-0.3, -0.25) is 4.79 Å². The van der Waals surface area contributed by atoms with Gasteiger partial charge in [0.25, 0.3) is 5.91 Å². The van der Waals surface area contributed by atoms with Crippen molar-refractivity contribution in [2.75, 3.05) is 5.32 Å². The lowest BCUT2D eigenvalue weighted by atomic mass is 10.0. The SMILES string of the molecule is Cc1cc(NC(=O)c2ccc(-c3ccccc3)cc2)n(-c2nc3c(Cl)cccc3s2)n1. The van der Waals surface area contributed by atoms with Gasteiger partial charge in [0, 0.05) is 11.6 Å². The summed E-state index contributed by atoms with van der Waals surface area (Å²) in [5.74, 6) is 0.352. The molecule has 3 aromatic carbocycles. The highest BCUT2D eigenvalue weighted by Crippen LogP contribution is 2.31. The highest BCUT2D eigenvalue weighted by atomic mass is 35.5. The minimum atomic E-state index is -0.208. The summed E-state index contributed by atoms with van der Waals surface area (Å²) in [6.07, 6.45) is 0. The number of hydrogen-bond donors (Lipinski definition) is 1. The highest BCUT2D eigenvalue weighted by molar-refractivity contribution is 7.20. The summed E-state index contributed by atoms with van der Waals surface area (Å²) in [4.78, 5) is 17.5. The smallest absolute Gasteiger partial charge is 0.256 e. The molecule has 0 aliphatic rings. The molecular formula is C24H17ClN4OS. The maximum absolute atomic E-state index is 12.9. The van der Waals surface area contributed by atoms with E-state index in [0.717, 1.165) is 27.0 Å². The van der Waals surface area contributed by atoms with Crippen molar-refractivity contribution in [2.45, 2.75) is 6.92 Å². The molecule has 0 saturated carbocycles. The van der Waals surface area contributed by atoms with Gasteiger partial charge < -0.3 is 5.32 Å². The van der Waals surface area contributed by atoms with Crippen LogP contribution in [-0.2, 0) is 0 Å². The lowest BCUT2D eigenvalue weighted by Gasteiger charge is -2.07. The van der Waals surface area contributed by atoms with Crippen LogP contribution in [0.15, 0.2) is 78.9 Å². The Balaban J connectivity index is 1.42. The molecule has 0 saturated heterocycles. The van der Waals surface area contributed by atoms with E-state index in [9.17, 15) is 4.79 Å². The van der Waals surface area contributed by atoms with Gasteiger partial charge in [0.2, 0.25) is 5.13 Å². The second-order valence-electron chi connectivity index (χ2n) is 7.06. The molecule has 5 rings (SSSR count). The molecule has 0 aliphatic carbocycles. The number of carbonyl (C=O) groups excluding carboxylic acids is 1. The number of halogens is 1. The first-order chi connectivity index (χ1) is 15.1. The molecule has 1 amide bonds. The quantitative estimate of drug-likeness (QED) is 0.350. The van der Waals surface area contributed by atoms with Crippen molar-refractivity contribution in [1.29, 1.82) is 0 Å². The molecule has 0 unspecified atom stereocenters. The van der Waals surface area contributed by atoms with Gasteiger partial charge in [0.15, 0.2) is 0 Å². The van der Waals surface area contributed by atoms with Crippen LogP contribution < -0.4 is 5.32 Å². The number of fused-ring (bicyclic) bond motifs is 1. The van der Waals surface area contributed by atoms with Crippen LogP contribution in [0, 0.1) is 6.92 Å². The number of hydrogen-bond acceptors (Lipinski definition) is 4. The third-order valence-corrected chi connectivity index (χ3v) is 6.17. The summed E-state index contributed by atoms with van der Waals surface area (Å²) in [6, 6.07) is 25.1. The van der Waals surface area contributed by atoms with Crippen LogP contribution in [0.1, 0.15) is 16.1 Å². The fourth-order valence-corrected chi connectivity index (χ4v) is 4.59. The highest BCUT2D eigenvalue weighted by Gasteiger charge is 2.16.